The van der Waals surface area contributed by atoms with Crippen LogP contribution in [0.2, 0.25) is 0 Å². The molecule has 0 N–H and O–H groups in total. The Balaban J connectivity index is 3.61. The van der Waals surface area contributed by atoms with E-state index in [0.29, 0.717) is 11.8 Å². The topological polar surface area (TPSA) is 20.3 Å². The Kier molecular flexibility index (Phi) is 6.81. The summed E-state index contributed by atoms with van der Waals surface area (Å²) in [5.74, 6) is 1.05. The molecule has 0 saturated carbocycles. The molecule has 0 aliphatic heterocycles. The molecule has 2 heteroatoms. The van der Waals surface area contributed by atoms with Gasteiger partial charge in [0.15, 0.2) is 0 Å². The summed E-state index contributed by atoms with van der Waals surface area (Å²) < 4.78 is 0. The second-order valence-corrected chi connectivity index (χ2v) is 4.76. The average molecular weight is 199 g/mol. The maximum Gasteiger partial charge on any atom is 0.129 e. The third kappa shape index (κ3) is 7.07. The third-order valence-electron chi connectivity index (χ3n) is 2.60. The van der Waals surface area contributed by atoms with Crippen molar-refractivity contribution in [2.45, 2.75) is 53.0 Å². The minimum absolute atomic E-state index is 0.301. The second-order valence-electron chi connectivity index (χ2n) is 4.76. The molecular weight excluding hydrogens is 174 g/mol. The first-order valence-corrected chi connectivity index (χ1v) is 5.63. The van der Waals surface area contributed by atoms with Crippen LogP contribution in [0.1, 0.15) is 47.0 Å². The highest BCUT2D eigenvalue weighted by Gasteiger charge is 2.10. The molecule has 0 rings (SSSR count). The van der Waals surface area contributed by atoms with Crippen LogP contribution >= 0.6 is 0 Å². The normalized spacial score (nSPS) is 13.6. The van der Waals surface area contributed by atoms with Gasteiger partial charge in [-0.1, -0.05) is 13.8 Å². The minimum Gasteiger partial charge on any atom is -0.304 e. The lowest BCUT2D eigenvalue weighted by molar-refractivity contribution is -0.117. The minimum atomic E-state index is 0.301. The number of nitrogens with zero attached hydrogens (tertiary/aromatic N) is 1. The molecule has 0 aliphatic rings. The molecule has 0 saturated heterocycles. The Morgan fingerprint density at radius 2 is 1.86 bits per heavy atom. The highest BCUT2D eigenvalue weighted by atomic mass is 16.1. The van der Waals surface area contributed by atoms with E-state index in [1.165, 1.54) is 6.42 Å². The number of rotatable bonds is 7. The zero-order valence-electron chi connectivity index (χ0n) is 10.3. The second kappa shape index (κ2) is 6.99. The lowest BCUT2D eigenvalue weighted by atomic mass is 10.0. The van der Waals surface area contributed by atoms with Crippen LogP contribution in [0, 0.1) is 5.92 Å². The molecule has 14 heavy (non-hydrogen) atoms. The molecule has 0 bridgehead atoms. The summed E-state index contributed by atoms with van der Waals surface area (Å²) in [6.07, 6.45) is 2.95. The molecule has 0 aromatic carbocycles. The predicted octanol–water partition coefficient (Wildman–Crippen LogP) is 2.72. The Hall–Kier alpha value is -0.370. The van der Waals surface area contributed by atoms with Gasteiger partial charge in [0.25, 0.3) is 0 Å². The van der Waals surface area contributed by atoms with Gasteiger partial charge in [0.2, 0.25) is 0 Å². The van der Waals surface area contributed by atoms with Crippen molar-refractivity contribution in [3.05, 3.63) is 0 Å². The van der Waals surface area contributed by atoms with Crippen molar-refractivity contribution < 1.29 is 4.79 Å². The molecule has 0 aromatic rings. The Morgan fingerprint density at radius 3 is 2.29 bits per heavy atom. The Labute approximate surface area is 88.7 Å². The van der Waals surface area contributed by atoms with Gasteiger partial charge in [-0.2, -0.15) is 0 Å². The van der Waals surface area contributed by atoms with Crippen LogP contribution in [0.4, 0.5) is 0 Å². The van der Waals surface area contributed by atoms with Gasteiger partial charge in [-0.25, -0.2) is 0 Å². The zero-order valence-corrected chi connectivity index (χ0v) is 10.3. The van der Waals surface area contributed by atoms with Gasteiger partial charge in [0.1, 0.15) is 5.78 Å². The van der Waals surface area contributed by atoms with E-state index in [4.69, 9.17) is 0 Å². The van der Waals surface area contributed by atoms with Crippen molar-refractivity contribution in [2.75, 3.05) is 13.6 Å². The Morgan fingerprint density at radius 1 is 1.29 bits per heavy atom. The summed E-state index contributed by atoms with van der Waals surface area (Å²) in [5, 5.41) is 0. The van der Waals surface area contributed by atoms with Gasteiger partial charge in [0.05, 0.1) is 0 Å². The van der Waals surface area contributed by atoms with Crippen LogP contribution in [0.3, 0.4) is 0 Å². The summed E-state index contributed by atoms with van der Waals surface area (Å²) >= 11 is 0. The van der Waals surface area contributed by atoms with Gasteiger partial charge in [-0.05, 0) is 46.2 Å². The van der Waals surface area contributed by atoms with Crippen LogP contribution in [0.5, 0.6) is 0 Å². The van der Waals surface area contributed by atoms with Crippen molar-refractivity contribution in [1.29, 1.82) is 0 Å². The number of hydrogen-bond acceptors (Lipinski definition) is 2. The van der Waals surface area contributed by atoms with E-state index in [9.17, 15) is 4.79 Å². The van der Waals surface area contributed by atoms with E-state index in [2.05, 4.69) is 32.7 Å². The van der Waals surface area contributed by atoms with Crippen LogP contribution in [0.15, 0.2) is 0 Å². The third-order valence-corrected chi connectivity index (χ3v) is 2.60. The smallest absolute Gasteiger partial charge is 0.129 e. The van der Waals surface area contributed by atoms with E-state index in [-0.39, 0.29) is 0 Å². The highest BCUT2D eigenvalue weighted by molar-refractivity contribution is 5.75. The fourth-order valence-electron chi connectivity index (χ4n) is 1.66. The van der Waals surface area contributed by atoms with Crippen molar-refractivity contribution in [3.8, 4) is 0 Å². The average Bonchev–Trinajstić information content (AvgIpc) is 2.01. The quantitative estimate of drug-likeness (QED) is 0.628. The molecule has 0 aromatic heterocycles. The van der Waals surface area contributed by atoms with Gasteiger partial charge in [0, 0.05) is 12.5 Å². The SMILES string of the molecule is CC(=O)CCCN(C)C(C)CC(C)C. The maximum absolute atomic E-state index is 10.8. The van der Waals surface area contributed by atoms with Crippen LogP contribution in [-0.4, -0.2) is 30.3 Å². The monoisotopic (exact) mass is 199 g/mol. The molecule has 1 atom stereocenters. The number of carbonyl (C=O) groups excluding carboxylic acids is 1. The van der Waals surface area contributed by atoms with Crippen molar-refractivity contribution in [3.63, 3.8) is 0 Å². The summed E-state index contributed by atoms with van der Waals surface area (Å²) in [5.41, 5.74) is 0. The van der Waals surface area contributed by atoms with Crippen LogP contribution in [0.25, 0.3) is 0 Å². The Bertz CT molecular complexity index is 166. The van der Waals surface area contributed by atoms with Gasteiger partial charge >= 0.3 is 0 Å². The molecule has 0 fully saturated rings. The molecule has 0 spiro atoms. The first-order chi connectivity index (χ1) is 6.43. The van der Waals surface area contributed by atoms with Crippen molar-refractivity contribution in [1.82, 2.24) is 4.90 Å². The van der Waals surface area contributed by atoms with E-state index in [1.54, 1.807) is 6.92 Å². The summed E-state index contributed by atoms with van der Waals surface area (Å²) in [7, 11) is 2.15. The molecule has 0 heterocycles. The zero-order chi connectivity index (χ0) is 11.1. The summed E-state index contributed by atoms with van der Waals surface area (Å²) in [6.45, 7) is 9.46. The molecule has 2 nitrogen and oxygen atoms in total. The number of ketones is 1. The van der Waals surface area contributed by atoms with Gasteiger partial charge in [-0.3, -0.25) is 0 Å². The first kappa shape index (κ1) is 13.6. The number of carbonyl (C=O) groups is 1. The number of hydrogen-bond donors (Lipinski definition) is 0. The molecule has 0 radical (unpaired) electrons. The lowest BCUT2D eigenvalue weighted by Gasteiger charge is -2.25. The molecule has 0 aliphatic carbocycles. The van der Waals surface area contributed by atoms with Crippen LogP contribution < -0.4 is 0 Å². The fourth-order valence-corrected chi connectivity index (χ4v) is 1.66. The molecular formula is C12H25NO. The fraction of sp³-hybridized carbons (Fsp3) is 0.917. The first-order valence-electron chi connectivity index (χ1n) is 5.63. The molecule has 0 amide bonds. The summed E-state index contributed by atoms with van der Waals surface area (Å²) in [4.78, 5) is 13.1. The van der Waals surface area contributed by atoms with Gasteiger partial charge < -0.3 is 9.69 Å². The van der Waals surface area contributed by atoms with Crippen LogP contribution in [-0.2, 0) is 4.79 Å². The standard InChI is InChI=1S/C12H25NO/c1-10(2)9-11(3)13(5)8-6-7-12(4)14/h10-11H,6-9H2,1-5H3. The van der Waals surface area contributed by atoms with E-state index < -0.39 is 0 Å². The van der Waals surface area contributed by atoms with Crippen molar-refractivity contribution >= 4 is 5.78 Å². The molecule has 1 unspecified atom stereocenters. The van der Waals surface area contributed by atoms with E-state index in [0.717, 1.165) is 25.3 Å². The predicted molar refractivity (Wildman–Crippen MR) is 61.5 cm³/mol. The summed E-state index contributed by atoms with van der Waals surface area (Å²) in [6, 6.07) is 0.627. The maximum atomic E-state index is 10.8. The largest absolute Gasteiger partial charge is 0.304 e. The van der Waals surface area contributed by atoms with E-state index >= 15 is 0 Å². The highest BCUT2D eigenvalue weighted by Crippen LogP contribution is 2.10. The van der Waals surface area contributed by atoms with Crippen molar-refractivity contribution in [2.24, 2.45) is 5.92 Å². The van der Waals surface area contributed by atoms with E-state index in [1.807, 2.05) is 0 Å². The molecule has 84 valence electrons. The number of Topliss-reactive ketones (excluding diaryl/α,β-unsaturated/α-hetero) is 1. The lowest BCUT2D eigenvalue weighted by Crippen LogP contribution is -2.31. The van der Waals surface area contributed by atoms with Gasteiger partial charge in [-0.15, -0.1) is 0 Å².